The minimum absolute atomic E-state index is 0.180. The van der Waals surface area contributed by atoms with E-state index in [4.69, 9.17) is 10.5 Å². The van der Waals surface area contributed by atoms with E-state index in [1.54, 1.807) is 0 Å². The highest BCUT2D eigenvalue weighted by Gasteiger charge is 2.07. The van der Waals surface area contributed by atoms with E-state index in [1.165, 1.54) is 11.3 Å². The third kappa shape index (κ3) is 5.93. The Morgan fingerprint density at radius 1 is 1.32 bits per heavy atom. The first-order valence-corrected chi connectivity index (χ1v) is 7.56. The second-order valence-electron chi connectivity index (χ2n) is 5.30. The van der Waals surface area contributed by atoms with Gasteiger partial charge in [-0.2, -0.15) is 0 Å². The van der Waals surface area contributed by atoms with Gasteiger partial charge in [-0.3, -0.25) is 0 Å². The fraction of sp³-hybridized carbons (Fsp3) is 0.600. The molecule has 0 aromatic heterocycles. The third-order valence-corrected chi connectivity index (χ3v) is 3.64. The van der Waals surface area contributed by atoms with E-state index in [-0.39, 0.29) is 12.1 Å². The SMILES string of the molecule is CC(N)Cc1ccc(N(C)CCOC(C)C)cc1Br. The molecule has 0 bridgehead atoms. The Morgan fingerprint density at radius 2 is 2.00 bits per heavy atom. The summed E-state index contributed by atoms with van der Waals surface area (Å²) < 4.78 is 6.69. The standard InChI is InChI=1S/C15H25BrN2O/c1-11(2)19-8-7-18(4)14-6-5-13(9-12(3)17)15(16)10-14/h5-6,10-12H,7-9,17H2,1-4H3. The Kier molecular flexibility index (Phi) is 6.83. The van der Waals surface area contributed by atoms with Crippen LogP contribution in [0.15, 0.2) is 22.7 Å². The summed E-state index contributed by atoms with van der Waals surface area (Å²) >= 11 is 3.62. The summed E-state index contributed by atoms with van der Waals surface area (Å²) in [7, 11) is 2.08. The van der Waals surface area contributed by atoms with E-state index >= 15 is 0 Å². The maximum atomic E-state index is 5.84. The van der Waals surface area contributed by atoms with Crippen molar-refractivity contribution in [1.82, 2.24) is 0 Å². The van der Waals surface area contributed by atoms with Crippen molar-refractivity contribution >= 4 is 21.6 Å². The van der Waals surface area contributed by atoms with Crippen molar-refractivity contribution < 1.29 is 4.74 Å². The summed E-state index contributed by atoms with van der Waals surface area (Å²) in [6.45, 7) is 7.76. The van der Waals surface area contributed by atoms with Crippen LogP contribution in [-0.4, -0.2) is 32.3 Å². The molecule has 0 amide bonds. The molecule has 0 saturated heterocycles. The lowest BCUT2D eigenvalue weighted by atomic mass is 10.1. The van der Waals surface area contributed by atoms with Crippen molar-refractivity contribution in [3.63, 3.8) is 0 Å². The van der Waals surface area contributed by atoms with Crippen molar-refractivity contribution in [3.05, 3.63) is 28.2 Å². The molecule has 1 unspecified atom stereocenters. The number of hydrogen-bond donors (Lipinski definition) is 1. The van der Waals surface area contributed by atoms with Gasteiger partial charge in [0.2, 0.25) is 0 Å². The van der Waals surface area contributed by atoms with Crippen molar-refractivity contribution in [2.45, 2.75) is 39.3 Å². The van der Waals surface area contributed by atoms with Crippen molar-refractivity contribution in [2.75, 3.05) is 25.1 Å². The number of halogens is 1. The third-order valence-electron chi connectivity index (χ3n) is 2.90. The van der Waals surface area contributed by atoms with Gasteiger partial charge in [0.05, 0.1) is 12.7 Å². The maximum Gasteiger partial charge on any atom is 0.0644 e. The Labute approximate surface area is 125 Å². The van der Waals surface area contributed by atoms with Crippen LogP contribution < -0.4 is 10.6 Å². The summed E-state index contributed by atoms with van der Waals surface area (Å²) in [6.07, 6.45) is 1.18. The zero-order chi connectivity index (χ0) is 14.4. The van der Waals surface area contributed by atoms with Crippen LogP contribution in [-0.2, 0) is 11.2 Å². The first-order valence-electron chi connectivity index (χ1n) is 6.77. The first-order chi connectivity index (χ1) is 8.90. The molecule has 0 aliphatic rings. The molecule has 1 aromatic rings. The molecule has 0 radical (unpaired) electrons. The molecule has 0 fully saturated rings. The van der Waals surface area contributed by atoms with Crippen molar-refractivity contribution in [2.24, 2.45) is 5.73 Å². The lowest BCUT2D eigenvalue weighted by Crippen LogP contribution is -2.24. The van der Waals surface area contributed by atoms with Gasteiger partial charge in [-0.15, -0.1) is 0 Å². The van der Waals surface area contributed by atoms with Gasteiger partial charge in [0, 0.05) is 29.8 Å². The number of anilines is 1. The molecule has 0 heterocycles. The predicted octanol–water partition coefficient (Wildman–Crippen LogP) is 3.20. The van der Waals surface area contributed by atoms with Gasteiger partial charge in [0.15, 0.2) is 0 Å². The number of nitrogens with two attached hydrogens (primary N) is 1. The van der Waals surface area contributed by atoms with Gasteiger partial charge in [0.25, 0.3) is 0 Å². The molecule has 0 spiro atoms. The van der Waals surface area contributed by atoms with Gasteiger partial charge < -0.3 is 15.4 Å². The molecule has 108 valence electrons. The number of ether oxygens (including phenoxy) is 1. The van der Waals surface area contributed by atoms with Crippen LogP contribution in [0.1, 0.15) is 26.3 Å². The zero-order valence-corrected chi connectivity index (χ0v) is 13.9. The molecule has 0 saturated carbocycles. The Morgan fingerprint density at radius 3 is 2.53 bits per heavy atom. The van der Waals surface area contributed by atoms with Gasteiger partial charge in [-0.25, -0.2) is 0 Å². The second-order valence-corrected chi connectivity index (χ2v) is 6.15. The van der Waals surface area contributed by atoms with Gasteiger partial charge in [-0.1, -0.05) is 22.0 Å². The normalized spacial score (nSPS) is 12.8. The number of nitrogens with zero attached hydrogens (tertiary/aromatic N) is 1. The van der Waals surface area contributed by atoms with E-state index in [2.05, 4.69) is 59.9 Å². The van der Waals surface area contributed by atoms with E-state index in [0.717, 1.165) is 24.0 Å². The van der Waals surface area contributed by atoms with Crippen LogP contribution in [0.3, 0.4) is 0 Å². The van der Waals surface area contributed by atoms with E-state index in [1.807, 2.05) is 6.92 Å². The second kappa shape index (κ2) is 7.88. The van der Waals surface area contributed by atoms with Crippen LogP contribution >= 0.6 is 15.9 Å². The van der Waals surface area contributed by atoms with Gasteiger partial charge >= 0.3 is 0 Å². The van der Waals surface area contributed by atoms with Crippen LogP contribution in [0.5, 0.6) is 0 Å². The smallest absolute Gasteiger partial charge is 0.0644 e. The number of benzene rings is 1. The fourth-order valence-electron chi connectivity index (χ4n) is 1.84. The molecule has 0 aliphatic heterocycles. The average molecular weight is 329 g/mol. The van der Waals surface area contributed by atoms with Crippen molar-refractivity contribution in [3.8, 4) is 0 Å². The van der Waals surface area contributed by atoms with E-state index < -0.39 is 0 Å². The summed E-state index contributed by atoms with van der Waals surface area (Å²) in [6, 6.07) is 6.60. The quantitative estimate of drug-likeness (QED) is 0.835. The molecule has 1 rings (SSSR count). The summed E-state index contributed by atoms with van der Waals surface area (Å²) in [5, 5.41) is 0. The summed E-state index contributed by atoms with van der Waals surface area (Å²) in [4.78, 5) is 2.20. The fourth-order valence-corrected chi connectivity index (χ4v) is 2.37. The summed E-state index contributed by atoms with van der Waals surface area (Å²) in [5.74, 6) is 0. The van der Waals surface area contributed by atoms with Crippen LogP contribution in [0.25, 0.3) is 0 Å². The first kappa shape index (κ1) is 16.5. The highest BCUT2D eigenvalue weighted by molar-refractivity contribution is 9.10. The molecule has 2 N–H and O–H groups in total. The number of likely N-dealkylation sites (N-methyl/N-ethyl adjacent to an activating group) is 1. The van der Waals surface area contributed by atoms with Gasteiger partial charge in [0.1, 0.15) is 0 Å². The highest BCUT2D eigenvalue weighted by atomic mass is 79.9. The molecule has 1 atom stereocenters. The van der Waals surface area contributed by atoms with Crippen molar-refractivity contribution in [1.29, 1.82) is 0 Å². The number of rotatable bonds is 7. The molecule has 0 aliphatic carbocycles. The van der Waals surface area contributed by atoms with Gasteiger partial charge in [-0.05, 0) is 44.9 Å². The number of hydrogen-bond acceptors (Lipinski definition) is 3. The van der Waals surface area contributed by atoms with E-state index in [0.29, 0.717) is 0 Å². The topological polar surface area (TPSA) is 38.5 Å². The molecule has 1 aromatic carbocycles. The monoisotopic (exact) mass is 328 g/mol. The molecule has 3 nitrogen and oxygen atoms in total. The van der Waals surface area contributed by atoms with Crippen LogP contribution in [0.2, 0.25) is 0 Å². The zero-order valence-electron chi connectivity index (χ0n) is 12.3. The molecule has 4 heteroatoms. The summed E-state index contributed by atoms with van der Waals surface area (Å²) in [5.41, 5.74) is 8.28. The average Bonchev–Trinajstić information content (AvgIpc) is 2.30. The molecular weight excluding hydrogens is 304 g/mol. The van der Waals surface area contributed by atoms with Crippen LogP contribution in [0.4, 0.5) is 5.69 Å². The maximum absolute atomic E-state index is 5.84. The lowest BCUT2D eigenvalue weighted by Gasteiger charge is -2.21. The predicted molar refractivity (Wildman–Crippen MR) is 85.9 cm³/mol. The molecule has 19 heavy (non-hydrogen) atoms. The minimum Gasteiger partial charge on any atom is -0.377 e. The lowest BCUT2D eigenvalue weighted by molar-refractivity contribution is 0.0846. The van der Waals surface area contributed by atoms with Crippen LogP contribution in [0, 0.1) is 0 Å². The highest BCUT2D eigenvalue weighted by Crippen LogP contribution is 2.24. The minimum atomic E-state index is 0.180. The van der Waals surface area contributed by atoms with E-state index in [9.17, 15) is 0 Å². The largest absolute Gasteiger partial charge is 0.377 e. The molecular formula is C15H25BrN2O. The Hall–Kier alpha value is -0.580. The Bertz CT molecular complexity index is 394. The Balaban J connectivity index is 2.61.